The minimum atomic E-state index is -1.32. The standard InChI is InChI=1S/C16H15FN4O4S/c17-11-7-9-12-15(13(11)19-1-3-21(18-25)4-2-19)26-6-5-20(12)8-10(14(9)22)16(23)24/h7-8H,1-6H2,(H,23,24). The second kappa shape index (κ2) is 6.27. The van der Waals surface area contributed by atoms with E-state index in [1.807, 2.05) is 4.90 Å². The number of aromatic carboxylic acids is 1. The maximum Gasteiger partial charge on any atom is 0.341 e. The second-order valence-corrected chi connectivity index (χ2v) is 7.28. The number of rotatable bonds is 3. The highest BCUT2D eigenvalue weighted by molar-refractivity contribution is 7.99. The molecule has 3 heterocycles. The Morgan fingerprint density at radius 2 is 1.96 bits per heavy atom. The van der Waals surface area contributed by atoms with Crippen molar-refractivity contribution in [2.45, 2.75) is 11.4 Å². The summed E-state index contributed by atoms with van der Waals surface area (Å²) in [7, 11) is 0. The number of benzene rings is 1. The van der Waals surface area contributed by atoms with Crippen LogP contribution >= 0.6 is 11.8 Å². The predicted octanol–water partition coefficient (Wildman–Crippen LogP) is 1.75. The van der Waals surface area contributed by atoms with Crippen molar-refractivity contribution in [2.75, 3.05) is 36.8 Å². The lowest BCUT2D eigenvalue weighted by atomic mass is 10.1. The van der Waals surface area contributed by atoms with Crippen LogP contribution < -0.4 is 10.3 Å². The Kier molecular flexibility index (Phi) is 4.06. The normalized spacial score (nSPS) is 16.8. The van der Waals surface area contributed by atoms with E-state index in [2.05, 4.69) is 5.29 Å². The van der Waals surface area contributed by atoms with Crippen LogP contribution in [0.1, 0.15) is 10.4 Å². The summed E-state index contributed by atoms with van der Waals surface area (Å²) in [5, 5.41) is 13.6. The van der Waals surface area contributed by atoms with Crippen LogP contribution in [0.25, 0.3) is 10.9 Å². The average molecular weight is 378 g/mol. The molecule has 0 aliphatic carbocycles. The number of halogens is 1. The fraction of sp³-hybridized carbons (Fsp3) is 0.375. The van der Waals surface area contributed by atoms with Crippen LogP contribution in [0.3, 0.4) is 0 Å². The molecule has 0 unspecified atom stereocenters. The molecule has 0 spiro atoms. The molecule has 2 aliphatic rings. The van der Waals surface area contributed by atoms with Crippen molar-refractivity contribution in [3.8, 4) is 0 Å². The third-order valence-corrected chi connectivity index (χ3v) is 5.80. The lowest BCUT2D eigenvalue weighted by molar-refractivity contribution is 0.0695. The zero-order valence-corrected chi connectivity index (χ0v) is 14.5. The molecule has 1 aromatic carbocycles. The Morgan fingerprint density at radius 3 is 2.62 bits per heavy atom. The monoisotopic (exact) mass is 378 g/mol. The molecule has 1 aromatic heterocycles. The summed E-state index contributed by atoms with van der Waals surface area (Å²) in [6.45, 7) is 2.23. The summed E-state index contributed by atoms with van der Waals surface area (Å²) >= 11 is 1.46. The van der Waals surface area contributed by atoms with Crippen LogP contribution in [-0.4, -0.2) is 52.6 Å². The zero-order valence-electron chi connectivity index (χ0n) is 13.6. The molecule has 4 rings (SSSR count). The van der Waals surface area contributed by atoms with Crippen LogP contribution in [-0.2, 0) is 6.54 Å². The molecule has 2 aromatic rings. The maximum absolute atomic E-state index is 14.9. The highest BCUT2D eigenvalue weighted by Gasteiger charge is 2.28. The first-order valence-electron chi connectivity index (χ1n) is 8.10. The molecule has 1 N–H and O–H groups in total. The van der Waals surface area contributed by atoms with Gasteiger partial charge >= 0.3 is 5.97 Å². The molecule has 0 radical (unpaired) electrons. The molecule has 26 heavy (non-hydrogen) atoms. The van der Waals surface area contributed by atoms with Gasteiger partial charge in [-0.3, -0.25) is 9.80 Å². The summed E-state index contributed by atoms with van der Waals surface area (Å²) in [4.78, 5) is 37.0. The van der Waals surface area contributed by atoms with Gasteiger partial charge in [0.1, 0.15) is 11.4 Å². The lowest BCUT2D eigenvalue weighted by Gasteiger charge is -2.35. The number of carboxylic acid groups (broad SMARTS) is 1. The molecule has 8 nitrogen and oxygen atoms in total. The number of anilines is 1. The highest BCUT2D eigenvalue weighted by Crippen LogP contribution is 2.41. The molecular formula is C16H15FN4O4S. The molecule has 0 amide bonds. The Morgan fingerprint density at radius 1 is 1.23 bits per heavy atom. The number of nitrogens with zero attached hydrogens (tertiary/aromatic N) is 4. The van der Waals surface area contributed by atoms with Crippen LogP contribution in [0.2, 0.25) is 0 Å². The summed E-state index contributed by atoms with van der Waals surface area (Å²) in [5.74, 6) is -1.22. The molecule has 2 aliphatic heterocycles. The van der Waals surface area contributed by atoms with E-state index < -0.39 is 17.2 Å². The molecular weight excluding hydrogens is 363 g/mol. The van der Waals surface area contributed by atoms with Crippen molar-refractivity contribution in [1.82, 2.24) is 9.58 Å². The van der Waals surface area contributed by atoms with Gasteiger partial charge in [0.05, 0.1) is 39.9 Å². The van der Waals surface area contributed by atoms with E-state index in [1.54, 1.807) is 4.57 Å². The smallest absolute Gasteiger partial charge is 0.341 e. The summed E-state index contributed by atoms with van der Waals surface area (Å²) < 4.78 is 16.7. The van der Waals surface area contributed by atoms with Gasteiger partial charge in [0, 0.05) is 31.6 Å². The Bertz CT molecular complexity index is 985. The Hall–Kier alpha value is -2.62. The van der Waals surface area contributed by atoms with E-state index in [1.165, 1.54) is 23.0 Å². The second-order valence-electron chi connectivity index (χ2n) is 6.17. The molecule has 0 bridgehead atoms. The molecule has 0 atom stereocenters. The van der Waals surface area contributed by atoms with Crippen molar-refractivity contribution in [2.24, 2.45) is 5.29 Å². The highest BCUT2D eigenvalue weighted by atomic mass is 32.2. The van der Waals surface area contributed by atoms with Gasteiger partial charge in [-0.1, -0.05) is 0 Å². The summed E-state index contributed by atoms with van der Waals surface area (Å²) in [6.07, 6.45) is 1.34. The molecule has 1 fully saturated rings. The predicted molar refractivity (Wildman–Crippen MR) is 95.4 cm³/mol. The van der Waals surface area contributed by atoms with E-state index in [9.17, 15) is 24.0 Å². The number of aryl methyl sites for hydroxylation is 1. The molecule has 10 heteroatoms. The number of thioether (sulfide) groups is 1. The molecule has 136 valence electrons. The van der Waals surface area contributed by atoms with E-state index in [4.69, 9.17) is 0 Å². The summed E-state index contributed by atoms with van der Waals surface area (Å²) in [5.41, 5.74) is -0.0475. The fourth-order valence-corrected chi connectivity index (χ4v) is 4.72. The van der Waals surface area contributed by atoms with Gasteiger partial charge in [0.15, 0.2) is 0 Å². The summed E-state index contributed by atoms with van der Waals surface area (Å²) in [6, 6.07) is 1.13. The SMILES string of the molecule is O=NN1CCN(c2c(F)cc3c(=O)c(C(=O)O)cn4c3c2SCC4)CC1. The minimum Gasteiger partial charge on any atom is -0.477 e. The van der Waals surface area contributed by atoms with E-state index in [0.717, 1.165) is 6.07 Å². The van der Waals surface area contributed by atoms with E-state index >= 15 is 0 Å². The molecule has 1 saturated heterocycles. The minimum absolute atomic E-state index is 0.0848. The van der Waals surface area contributed by atoms with Crippen molar-refractivity contribution >= 4 is 34.3 Å². The number of aromatic nitrogens is 1. The van der Waals surface area contributed by atoms with Crippen LogP contribution in [0.15, 0.2) is 27.2 Å². The van der Waals surface area contributed by atoms with E-state index in [0.29, 0.717) is 54.6 Å². The van der Waals surface area contributed by atoms with Gasteiger partial charge in [-0.25, -0.2) is 9.18 Å². The van der Waals surface area contributed by atoms with Crippen molar-refractivity contribution in [3.63, 3.8) is 0 Å². The first-order valence-corrected chi connectivity index (χ1v) is 9.08. The number of hydrogen-bond acceptors (Lipinski definition) is 6. The topological polar surface area (TPSA) is 95.2 Å². The first kappa shape index (κ1) is 16.8. The lowest BCUT2D eigenvalue weighted by Crippen LogP contribution is -2.44. The average Bonchev–Trinajstić information content (AvgIpc) is 2.64. The first-order chi connectivity index (χ1) is 12.5. The van der Waals surface area contributed by atoms with Crippen molar-refractivity contribution in [1.29, 1.82) is 0 Å². The van der Waals surface area contributed by atoms with Crippen LogP contribution in [0, 0.1) is 10.7 Å². The Balaban J connectivity index is 1.92. The largest absolute Gasteiger partial charge is 0.477 e. The van der Waals surface area contributed by atoms with Gasteiger partial charge < -0.3 is 14.6 Å². The zero-order chi connectivity index (χ0) is 18.4. The number of carboxylic acids is 1. The third kappa shape index (κ3) is 2.52. The number of nitroso groups, excluding NO2 is 1. The number of hydrogen-bond donors (Lipinski definition) is 1. The number of carbonyl (C=O) groups is 1. The van der Waals surface area contributed by atoms with Crippen LogP contribution in [0.4, 0.5) is 10.1 Å². The van der Waals surface area contributed by atoms with Gasteiger partial charge in [-0.05, 0) is 6.07 Å². The fourth-order valence-electron chi connectivity index (χ4n) is 3.50. The van der Waals surface area contributed by atoms with Crippen molar-refractivity contribution < 1.29 is 14.3 Å². The van der Waals surface area contributed by atoms with Crippen molar-refractivity contribution in [3.05, 3.63) is 38.8 Å². The number of pyridine rings is 1. The van der Waals surface area contributed by atoms with Gasteiger partial charge in [0.25, 0.3) is 0 Å². The van der Waals surface area contributed by atoms with Gasteiger partial charge in [-0.2, -0.15) is 0 Å². The number of piperazine rings is 1. The maximum atomic E-state index is 14.9. The third-order valence-electron chi connectivity index (χ3n) is 4.74. The van der Waals surface area contributed by atoms with Gasteiger partial charge in [-0.15, -0.1) is 16.7 Å². The Labute approximate surface area is 151 Å². The van der Waals surface area contributed by atoms with Gasteiger partial charge in [0.2, 0.25) is 5.43 Å². The van der Waals surface area contributed by atoms with Crippen LogP contribution in [0.5, 0.6) is 0 Å². The van der Waals surface area contributed by atoms with E-state index in [-0.39, 0.29) is 10.9 Å². The quantitative estimate of drug-likeness (QED) is 0.813. The molecule has 0 saturated carbocycles.